The third-order valence-electron chi connectivity index (χ3n) is 2.62. The molecule has 16 heavy (non-hydrogen) atoms. The van der Waals surface area contributed by atoms with Crippen molar-refractivity contribution < 1.29 is 4.74 Å². The Labute approximate surface area is 93.4 Å². The summed E-state index contributed by atoms with van der Waals surface area (Å²) >= 11 is 0. The summed E-state index contributed by atoms with van der Waals surface area (Å²) < 4.78 is 5.26. The van der Waals surface area contributed by atoms with Gasteiger partial charge in [-0.05, 0) is 13.0 Å². The van der Waals surface area contributed by atoms with Crippen LogP contribution < -0.4 is 11.1 Å². The number of aromatic nitrogens is 2. The SMILES string of the molecule is CC1=CC[C@H](OC(=N)N)[C@@H]1Nc1ccn[nH]1. The molecule has 1 aliphatic rings. The molecule has 0 unspecified atom stereocenters. The van der Waals surface area contributed by atoms with E-state index in [0.717, 1.165) is 12.2 Å². The van der Waals surface area contributed by atoms with Crippen LogP contribution in [-0.4, -0.2) is 28.4 Å². The van der Waals surface area contributed by atoms with Crippen molar-refractivity contribution in [3.63, 3.8) is 0 Å². The van der Waals surface area contributed by atoms with E-state index in [1.54, 1.807) is 6.20 Å². The zero-order chi connectivity index (χ0) is 11.5. The van der Waals surface area contributed by atoms with Gasteiger partial charge in [0.05, 0.1) is 12.2 Å². The number of nitrogens with zero attached hydrogens (tertiary/aromatic N) is 1. The molecule has 6 heteroatoms. The molecule has 0 amide bonds. The lowest BCUT2D eigenvalue weighted by atomic mass is 10.1. The third kappa shape index (κ3) is 2.16. The summed E-state index contributed by atoms with van der Waals surface area (Å²) in [6.07, 6.45) is 4.40. The predicted octanol–water partition coefficient (Wildman–Crippen LogP) is 0.819. The number of hydrogen-bond acceptors (Lipinski definition) is 4. The van der Waals surface area contributed by atoms with E-state index in [0.29, 0.717) is 0 Å². The molecule has 0 saturated heterocycles. The Balaban J connectivity index is 2.04. The van der Waals surface area contributed by atoms with Crippen molar-refractivity contribution in [3.05, 3.63) is 23.9 Å². The average molecular weight is 221 g/mol. The Hall–Kier alpha value is -1.98. The number of ether oxygens (including phenoxy) is 1. The molecule has 0 bridgehead atoms. The van der Waals surface area contributed by atoms with E-state index in [2.05, 4.69) is 21.6 Å². The molecular weight excluding hydrogens is 206 g/mol. The number of hydrogen-bond donors (Lipinski definition) is 4. The Morgan fingerprint density at radius 2 is 2.56 bits per heavy atom. The second-order valence-corrected chi connectivity index (χ2v) is 3.80. The van der Waals surface area contributed by atoms with Crippen LogP contribution in [0.5, 0.6) is 0 Å². The van der Waals surface area contributed by atoms with E-state index in [1.165, 1.54) is 5.57 Å². The number of nitrogens with two attached hydrogens (primary N) is 1. The zero-order valence-electron chi connectivity index (χ0n) is 9.03. The molecule has 0 saturated carbocycles. The number of anilines is 1. The summed E-state index contributed by atoms with van der Waals surface area (Å²) in [5.41, 5.74) is 6.42. The van der Waals surface area contributed by atoms with Crippen LogP contribution in [0.25, 0.3) is 0 Å². The van der Waals surface area contributed by atoms with Gasteiger partial charge in [0.25, 0.3) is 6.02 Å². The maximum Gasteiger partial charge on any atom is 0.279 e. The molecule has 0 radical (unpaired) electrons. The Morgan fingerprint density at radius 3 is 3.19 bits per heavy atom. The van der Waals surface area contributed by atoms with Crippen molar-refractivity contribution in [1.29, 1.82) is 5.41 Å². The van der Waals surface area contributed by atoms with Gasteiger partial charge in [0, 0.05) is 6.42 Å². The maximum absolute atomic E-state index is 7.15. The molecule has 2 atom stereocenters. The van der Waals surface area contributed by atoms with Crippen molar-refractivity contribution >= 4 is 11.8 Å². The van der Waals surface area contributed by atoms with Crippen LogP contribution in [0.1, 0.15) is 13.3 Å². The van der Waals surface area contributed by atoms with E-state index in [-0.39, 0.29) is 18.2 Å². The van der Waals surface area contributed by atoms with Gasteiger partial charge >= 0.3 is 0 Å². The fourth-order valence-electron chi connectivity index (χ4n) is 1.85. The van der Waals surface area contributed by atoms with Crippen molar-refractivity contribution in [2.24, 2.45) is 5.73 Å². The first-order chi connectivity index (χ1) is 7.66. The first-order valence-corrected chi connectivity index (χ1v) is 5.10. The Kier molecular flexibility index (Phi) is 2.80. The molecule has 2 rings (SSSR count). The third-order valence-corrected chi connectivity index (χ3v) is 2.62. The molecule has 6 nitrogen and oxygen atoms in total. The van der Waals surface area contributed by atoms with Gasteiger partial charge in [-0.1, -0.05) is 11.6 Å². The van der Waals surface area contributed by atoms with Crippen LogP contribution in [0.4, 0.5) is 5.82 Å². The van der Waals surface area contributed by atoms with Gasteiger partial charge in [0.15, 0.2) is 0 Å². The molecule has 0 spiro atoms. The maximum atomic E-state index is 7.15. The molecule has 1 aliphatic carbocycles. The number of nitrogens with one attached hydrogen (secondary N) is 3. The van der Waals surface area contributed by atoms with Gasteiger partial charge in [-0.25, -0.2) is 0 Å². The largest absolute Gasteiger partial charge is 0.459 e. The predicted molar refractivity (Wildman–Crippen MR) is 61.2 cm³/mol. The summed E-state index contributed by atoms with van der Waals surface area (Å²) in [6.45, 7) is 2.03. The van der Waals surface area contributed by atoms with E-state index >= 15 is 0 Å². The lowest BCUT2D eigenvalue weighted by Gasteiger charge is -2.23. The van der Waals surface area contributed by atoms with E-state index in [4.69, 9.17) is 15.9 Å². The van der Waals surface area contributed by atoms with Crippen LogP contribution in [0.3, 0.4) is 0 Å². The summed E-state index contributed by atoms with van der Waals surface area (Å²) in [5, 5.41) is 17.1. The fraction of sp³-hybridized carbons (Fsp3) is 0.400. The molecule has 1 aromatic rings. The van der Waals surface area contributed by atoms with Crippen LogP contribution in [-0.2, 0) is 4.74 Å². The second-order valence-electron chi connectivity index (χ2n) is 3.80. The van der Waals surface area contributed by atoms with Gasteiger partial charge in [0.2, 0.25) is 0 Å². The molecule has 0 aromatic carbocycles. The fourth-order valence-corrected chi connectivity index (χ4v) is 1.85. The quantitative estimate of drug-likeness (QED) is 0.345. The normalized spacial score (nSPS) is 23.9. The first-order valence-electron chi connectivity index (χ1n) is 5.10. The number of aromatic amines is 1. The highest BCUT2D eigenvalue weighted by molar-refractivity contribution is 5.68. The van der Waals surface area contributed by atoms with Gasteiger partial charge in [-0.15, -0.1) is 0 Å². The van der Waals surface area contributed by atoms with Gasteiger partial charge < -0.3 is 15.8 Å². The minimum atomic E-state index is -0.246. The van der Waals surface area contributed by atoms with Crippen molar-refractivity contribution in [1.82, 2.24) is 10.2 Å². The molecule has 1 aromatic heterocycles. The highest BCUT2D eigenvalue weighted by Crippen LogP contribution is 2.24. The number of H-pyrrole nitrogens is 1. The van der Waals surface area contributed by atoms with E-state index in [1.807, 2.05) is 13.0 Å². The van der Waals surface area contributed by atoms with Crippen LogP contribution in [0.15, 0.2) is 23.9 Å². The van der Waals surface area contributed by atoms with Gasteiger partial charge in [-0.2, -0.15) is 5.10 Å². The highest BCUT2D eigenvalue weighted by atomic mass is 16.5. The number of rotatable bonds is 3. The molecule has 5 N–H and O–H groups in total. The summed E-state index contributed by atoms with van der Waals surface area (Å²) in [5.74, 6) is 0.830. The Morgan fingerprint density at radius 1 is 1.75 bits per heavy atom. The second kappa shape index (κ2) is 4.26. The lowest BCUT2D eigenvalue weighted by Crippen LogP contribution is -2.36. The van der Waals surface area contributed by atoms with E-state index < -0.39 is 0 Å². The van der Waals surface area contributed by atoms with Crippen molar-refractivity contribution in [2.45, 2.75) is 25.5 Å². The van der Waals surface area contributed by atoms with Gasteiger partial charge in [0.1, 0.15) is 11.9 Å². The summed E-state index contributed by atoms with van der Waals surface area (Å²) in [4.78, 5) is 0. The lowest BCUT2D eigenvalue weighted by molar-refractivity contribution is 0.184. The minimum absolute atomic E-state index is 0.0318. The van der Waals surface area contributed by atoms with Crippen LogP contribution in [0, 0.1) is 5.41 Å². The first kappa shape index (κ1) is 10.5. The average Bonchev–Trinajstić information content (AvgIpc) is 2.82. The molecular formula is C10H15N5O. The highest BCUT2D eigenvalue weighted by Gasteiger charge is 2.29. The molecule has 0 aliphatic heterocycles. The standard InChI is InChI=1S/C10H15N5O/c1-6-2-3-7(16-10(11)12)9(6)14-8-4-5-13-15-8/h2,4-5,7,9H,3H2,1H3,(H3,11,12)(H2,13,14,15)/t7-,9+/m0/s1. The minimum Gasteiger partial charge on any atom is -0.459 e. The van der Waals surface area contributed by atoms with Crippen LogP contribution >= 0.6 is 0 Å². The number of amidine groups is 1. The summed E-state index contributed by atoms with van der Waals surface area (Å²) in [7, 11) is 0. The van der Waals surface area contributed by atoms with Crippen molar-refractivity contribution in [2.75, 3.05) is 5.32 Å². The van der Waals surface area contributed by atoms with Crippen LogP contribution in [0.2, 0.25) is 0 Å². The van der Waals surface area contributed by atoms with E-state index in [9.17, 15) is 0 Å². The smallest absolute Gasteiger partial charge is 0.279 e. The summed E-state index contributed by atoms with van der Waals surface area (Å²) in [6, 6.07) is 1.63. The van der Waals surface area contributed by atoms with Gasteiger partial charge in [-0.3, -0.25) is 10.5 Å². The zero-order valence-corrected chi connectivity index (χ0v) is 9.03. The monoisotopic (exact) mass is 221 g/mol. The molecule has 0 fully saturated rings. The Bertz CT molecular complexity index is 397. The van der Waals surface area contributed by atoms with Crippen molar-refractivity contribution in [3.8, 4) is 0 Å². The topological polar surface area (TPSA) is 99.8 Å². The molecule has 1 heterocycles. The molecule has 86 valence electrons.